The van der Waals surface area contributed by atoms with Crippen molar-refractivity contribution >= 4 is 27.5 Å². The smallest absolute Gasteiger partial charge is 0.229 e. The first-order chi connectivity index (χ1) is 9.88. The van der Waals surface area contributed by atoms with Gasteiger partial charge in [-0.25, -0.2) is 13.2 Å². The average molecular weight is 358 g/mol. The second-order valence-corrected chi connectivity index (χ2v) is 5.36. The van der Waals surface area contributed by atoms with Gasteiger partial charge in [-0.1, -0.05) is 6.07 Å². The first-order valence-electron chi connectivity index (χ1n) is 6.07. The van der Waals surface area contributed by atoms with Crippen molar-refractivity contribution in [3.63, 3.8) is 0 Å². The van der Waals surface area contributed by atoms with Crippen molar-refractivity contribution < 1.29 is 18.0 Å². The second kappa shape index (κ2) is 6.30. The van der Waals surface area contributed by atoms with Crippen molar-refractivity contribution in [2.24, 2.45) is 0 Å². The van der Waals surface area contributed by atoms with Gasteiger partial charge in [0.2, 0.25) is 5.91 Å². The first kappa shape index (κ1) is 15.6. The minimum atomic E-state index is -0.776. The molecule has 0 atom stereocenters. The van der Waals surface area contributed by atoms with Crippen LogP contribution in [0.25, 0.3) is 0 Å². The maximum absolute atomic E-state index is 13.5. The van der Waals surface area contributed by atoms with Gasteiger partial charge in [-0.3, -0.25) is 4.79 Å². The van der Waals surface area contributed by atoms with E-state index in [0.29, 0.717) is 11.3 Å². The van der Waals surface area contributed by atoms with Gasteiger partial charge >= 0.3 is 0 Å². The zero-order chi connectivity index (χ0) is 15.6. The van der Waals surface area contributed by atoms with E-state index in [9.17, 15) is 18.0 Å². The zero-order valence-corrected chi connectivity index (χ0v) is 12.6. The minimum Gasteiger partial charge on any atom is -0.326 e. The van der Waals surface area contributed by atoms with E-state index in [0.717, 1.165) is 12.1 Å². The van der Waals surface area contributed by atoms with Crippen LogP contribution in [0.5, 0.6) is 0 Å². The summed E-state index contributed by atoms with van der Waals surface area (Å²) in [6, 6.07) is 6.06. The van der Waals surface area contributed by atoms with Crippen molar-refractivity contribution in [3.8, 4) is 0 Å². The molecule has 2 aromatic carbocycles. The van der Waals surface area contributed by atoms with E-state index in [4.69, 9.17) is 0 Å². The Balaban J connectivity index is 2.18. The number of nitrogens with one attached hydrogen (secondary N) is 1. The van der Waals surface area contributed by atoms with Crippen LogP contribution in [0.2, 0.25) is 0 Å². The van der Waals surface area contributed by atoms with Crippen LogP contribution >= 0.6 is 15.9 Å². The van der Waals surface area contributed by atoms with Crippen LogP contribution in [-0.2, 0) is 11.2 Å². The van der Waals surface area contributed by atoms with E-state index in [2.05, 4.69) is 21.2 Å². The van der Waals surface area contributed by atoms with E-state index in [1.807, 2.05) is 0 Å². The number of aryl methyl sites for hydroxylation is 1. The molecule has 0 heterocycles. The van der Waals surface area contributed by atoms with E-state index >= 15 is 0 Å². The summed E-state index contributed by atoms with van der Waals surface area (Å²) >= 11 is 3.01. The summed E-state index contributed by atoms with van der Waals surface area (Å²) in [5.41, 5.74) is 0.594. The highest BCUT2D eigenvalue weighted by Crippen LogP contribution is 2.24. The highest BCUT2D eigenvalue weighted by molar-refractivity contribution is 9.10. The van der Waals surface area contributed by atoms with Crippen LogP contribution in [0, 0.1) is 24.4 Å². The van der Waals surface area contributed by atoms with Gasteiger partial charge in [0.1, 0.15) is 17.5 Å². The Bertz CT molecular complexity index is 683. The van der Waals surface area contributed by atoms with E-state index < -0.39 is 29.8 Å². The number of anilines is 1. The van der Waals surface area contributed by atoms with Gasteiger partial charge in [0.15, 0.2) is 0 Å². The molecule has 0 radical (unpaired) electrons. The normalized spacial score (nSPS) is 10.5. The van der Waals surface area contributed by atoms with Gasteiger partial charge in [-0.15, -0.1) is 0 Å². The predicted octanol–water partition coefficient (Wildman–Crippen LogP) is 4.36. The number of benzene rings is 2. The monoisotopic (exact) mass is 357 g/mol. The molecule has 0 aliphatic heterocycles. The molecule has 0 aliphatic rings. The van der Waals surface area contributed by atoms with Gasteiger partial charge in [0, 0.05) is 11.3 Å². The van der Waals surface area contributed by atoms with Crippen LogP contribution in [-0.4, -0.2) is 5.91 Å². The highest BCUT2D eigenvalue weighted by Gasteiger charge is 2.14. The lowest BCUT2D eigenvalue weighted by Crippen LogP contribution is -2.17. The molecule has 1 amide bonds. The Hall–Kier alpha value is -1.82. The molecule has 0 saturated carbocycles. The summed E-state index contributed by atoms with van der Waals surface area (Å²) in [6.07, 6.45) is -0.438. The first-order valence-corrected chi connectivity index (χ1v) is 6.86. The summed E-state index contributed by atoms with van der Waals surface area (Å²) in [6.45, 7) is 1.62. The summed E-state index contributed by atoms with van der Waals surface area (Å²) in [5, 5.41) is 2.51. The summed E-state index contributed by atoms with van der Waals surface area (Å²) in [4.78, 5) is 11.9. The molecule has 0 fully saturated rings. The molecule has 2 nitrogen and oxygen atoms in total. The van der Waals surface area contributed by atoms with Gasteiger partial charge in [-0.05, 0) is 52.7 Å². The number of carbonyl (C=O) groups excluding carboxylic acids is 1. The molecule has 1 N–H and O–H groups in total. The van der Waals surface area contributed by atoms with Crippen LogP contribution in [0.3, 0.4) is 0 Å². The fourth-order valence-corrected chi connectivity index (χ4v) is 2.18. The predicted molar refractivity (Wildman–Crippen MR) is 77.5 cm³/mol. The van der Waals surface area contributed by atoms with Gasteiger partial charge < -0.3 is 5.32 Å². The number of halogens is 4. The standard InChI is InChI=1S/C15H11BrF3NO/c1-8-5-13(19)10(16)7-14(8)20-15(21)6-9-11(17)3-2-4-12(9)18/h2-5,7H,6H2,1H3,(H,20,21). The number of amides is 1. The molecule has 0 aromatic heterocycles. The van der Waals surface area contributed by atoms with Crippen molar-refractivity contribution in [2.45, 2.75) is 13.3 Å². The van der Waals surface area contributed by atoms with Gasteiger partial charge in [-0.2, -0.15) is 0 Å². The Morgan fingerprint density at radius 2 is 1.76 bits per heavy atom. The number of hydrogen-bond donors (Lipinski definition) is 1. The van der Waals surface area contributed by atoms with Crippen molar-refractivity contribution in [1.82, 2.24) is 0 Å². The Morgan fingerprint density at radius 3 is 2.38 bits per heavy atom. The van der Waals surface area contributed by atoms with Crippen molar-refractivity contribution in [3.05, 3.63) is 63.4 Å². The third-order valence-electron chi connectivity index (χ3n) is 2.94. The van der Waals surface area contributed by atoms with E-state index in [1.165, 1.54) is 18.2 Å². The highest BCUT2D eigenvalue weighted by atomic mass is 79.9. The zero-order valence-electron chi connectivity index (χ0n) is 11.0. The van der Waals surface area contributed by atoms with Crippen molar-refractivity contribution in [1.29, 1.82) is 0 Å². The van der Waals surface area contributed by atoms with Crippen molar-refractivity contribution in [2.75, 3.05) is 5.32 Å². The van der Waals surface area contributed by atoms with Crippen LogP contribution in [0.4, 0.5) is 18.9 Å². The maximum Gasteiger partial charge on any atom is 0.229 e. The Labute approximate surface area is 128 Å². The lowest BCUT2D eigenvalue weighted by atomic mass is 10.1. The van der Waals surface area contributed by atoms with E-state index in [-0.39, 0.29) is 10.0 Å². The van der Waals surface area contributed by atoms with Gasteiger partial charge in [0.05, 0.1) is 10.9 Å². The SMILES string of the molecule is Cc1cc(F)c(Br)cc1NC(=O)Cc1c(F)cccc1F. The fraction of sp³-hybridized carbons (Fsp3) is 0.133. The summed E-state index contributed by atoms with van der Waals surface area (Å²) < 4.78 is 40.4. The average Bonchev–Trinajstić information content (AvgIpc) is 2.40. The molecule has 0 spiro atoms. The van der Waals surface area contributed by atoms with Crippen LogP contribution in [0.15, 0.2) is 34.8 Å². The molecule has 0 unspecified atom stereocenters. The van der Waals surface area contributed by atoms with Crippen LogP contribution in [0.1, 0.15) is 11.1 Å². The Morgan fingerprint density at radius 1 is 1.14 bits per heavy atom. The Kier molecular flexibility index (Phi) is 4.67. The molecule has 0 bridgehead atoms. The largest absolute Gasteiger partial charge is 0.326 e. The number of rotatable bonds is 3. The second-order valence-electron chi connectivity index (χ2n) is 4.51. The topological polar surface area (TPSA) is 29.1 Å². The van der Waals surface area contributed by atoms with Crippen LogP contribution < -0.4 is 5.32 Å². The fourth-order valence-electron chi connectivity index (χ4n) is 1.84. The quantitative estimate of drug-likeness (QED) is 0.868. The molecule has 0 saturated heterocycles. The number of carbonyl (C=O) groups is 1. The summed E-state index contributed by atoms with van der Waals surface area (Å²) in [7, 11) is 0. The molecule has 110 valence electrons. The van der Waals surface area contributed by atoms with Gasteiger partial charge in [0.25, 0.3) is 0 Å². The lowest BCUT2D eigenvalue weighted by Gasteiger charge is -2.10. The molecular formula is C15H11BrF3NO. The molecule has 2 aromatic rings. The lowest BCUT2D eigenvalue weighted by molar-refractivity contribution is -0.115. The molecular weight excluding hydrogens is 347 g/mol. The van der Waals surface area contributed by atoms with E-state index in [1.54, 1.807) is 6.92 Å². The molecule has 0 aliphatic carbocycles. The third-order valence-corrected chi connectivity index (χ3v) is 3.55. The number of hydrogen-bond acceptors (Lipinski definition) is 1. The summed E-state index contributed by atoms with van der Waals surface area (Å²) in [5.74, 6) is -2.59. The molecule has 2 rings (SSSR count). The molecule has 21 heavy (non-hydrogen) atoms. The third kappa shape index (κ3) is 3.64. The molecule has 6 heteroatoms. The maximum atomic E-state index is 13.5. The minimum absolute atomic E-state index is 0.195.